The van der Waals surface area contributed by atoms with Gasteiger partial charge in [0.15, 0.2) is 10.6 Å². The van der Waals surface area contributed by atoms with Gasteiger partial charge < -0.3 is 5.11 Å². The van der Waals surface area contributed by atoms with Crippen LogP contribution in [0.5, 0.6) is 0 Å². The van der Waals surface area contributed by atoms with Gasteiger partial charge in [-0.25, -0.2) is 4.99 Å². The van der Waals surface area contributed by atoms with Gasteiger partial charge in [-0.05, 0) is 18.6 Å². The number of hydrogen-bond donors (Lipinski definition) is 3. The van der Waals surface area contributed by atoms with Gasteiger partial charge in [0.1, 0.15) is 6.54 Å². The minimum atomic E-state index is -4.38. The molecule has 8 heteroatoms. The van der Waals surface area contributed by atoms with Crippen LogP contribution in [0.4, 0.5) is 5.69 Å². The standard InChI is InChI=1S/C12H17N3O4S/c1-9-2-3-11(20(17,18)19)10(8-9)15(13)6-5-14-12(15)4-7-16/h2-3,8,16H,4-7,13H2,1H3/p+1. The molecule has 0 aromatic heterocycles. The van der Waals surface area contributed by atoms with Gasteiger partial charge in [0, 0.05) is 6.07 Å². The lowest BCUT2D eigenvalue weighted by atomic mass is 10.2. The van der Waals surface area contributed by atoms with Crippen molar-refractivity contribution >= 4 is 21.6 Å². The van der Waals surface area contributed by atoms with Gasteiger partial charge in [-0.3, -0.25) is 4.55 Å². The molecule has 0 spiro atoms. The lowest BCUT2D eigenvalue weighted by molar-refractivity contribution is 0.300. The minimum absolute atomic E-state index is 0.122. The molecule has 1 aromatic rings. The average Bonchev–Trinajstić information content (AvgIpc) is 2.71. The molecule has 0 saturated carbocycles. The highest BCUT2D eigenvalue weighted by Crippen LogP contribution is 2.32. The van der Waals surface area contributed by atoms with E-state index in [2.05, 4.69) is 4.99 Å². The number of benzene rings is 1. The molecule has 1 aromatic carbocycles. The van der Waals surface area contributed by atoms with E-state index in [0.29, 0.717) is 18.9 Å². The van der Waals surface area contributed by atoms with Crippen molar-refractivity contribution in [2.75, 3.05) is 19.7 Å². The first-order chi connectivity index (χ1) is 9.29. The predicted molar refractivity (Wildman–Crippen MR) is 75.8 cm³/mol. The smallest absolute Gasteiger partial charge is 0.300 e. The van der Waals surface area contributed by atoms with Gasteiger partial charge in [0.05, 0.1) is 19.6 Å². The molecular weight excluding hydrogens is 282 g/mol. The Bertz CT molecular complexity index is 657. The molecule has 0 aliphatic carbocycles. The lowest BCUT2D eigenvalue weighted by Gasteiger charge is -2.29. The monoisotopic (exact) mass is 300 g/mol. The summed E-state index contributed by atoms with van der Waals surface area (Å²) in [6, 6.07) is 4.56. The van der Waals surface area contributed by atoms with Crippen LogP contribution < -0.4 is 10.4 Å². The summed E-state index contributed by atoms with van der Waals surface area (Å²) in [5.41, 5.74) is 1.10. The van der Waals surface area contributed by atoms with Crippen LogP contribution in [0.1, 0.15) is 12.0 Å². The molecule has 2 rings (SSSR count). The van der Waals surface area contributed by atoms with E-state index in [1.807, 2.05) is 6.92 Å². The molecular formula is C12H18N3O4S+. The van der Waals surface area contributed by atoms with E-state index < -0.39 is 10.1 Å². The van der Waals surface area contributed by atoms with Gasteiger partial charge in [-0.1, -0.05) is 6.07 Å². The van der Waals surface area contributed by atoms with Crippen LogP contribution >= 0.6 is 0 Å². The van der Waals surface area contributed by atoms with E-state index in [1.165, 1.54) is 6.07 Å². The first-order valence-electron chi connectivity index (χ1n) is 6.19. The molecule has 1 atom stereocenters. The maximum atomic E-state index is 11.5. The van der Waals surface area contributed by atoms with Crippen molar-refractivity contribution in [3.63, 3.8) is 0 Å². The topological polar surface area (TPSA) is 113 Å². The zero-order valence-corrected chi connectivity index (χ0v) is 12.0. The third kappa shape index (κ3) is 2.60. The molecule has 0 radical (unpaired) electrons. The first-order valence-corrected chi connectivity index (χ1v) is 7.63. The Morgan fingerprint density at radius 1 is 1.45 bits per heavy atom. The Morgan fingerprint density at radius 3 is 2.75 bits per heavy atom. The van der Waals surface area contributed by atoms with Gasteiger partial charge in [0.2, 0.25) is 5.84 Å². The SMILES string of the molecule is Cc1ccc(S(=O)(=O)O)c([N+]2(N)CCN=C2CCO)c1. The lowest BCUT2D eigenvalue weighted by Crippen LogP contribution is -2.59. The minimum Gasteiger partial charge on any atom is -0.396 e. The zero-order chi connectivity index (χ0) is 15.0. The first kappa shape index (κ1) is 15.1. The second-order valence-electron chi connectivity index (χ2n) is 4.81. The fraction of sp³-hybridized carbons (Fsp3) is 0.417. The van der Waals surface area contributed by atoms with Gasteiger partial charge >= 0.3 is 10.1 Å². The number of hydrogen-bond acceptors (Lipinski definition) is 5. The molecule has 7 nitrogen and oxygen atoms in total. The zero-order valence-electron chi connectivity index (χ0n) is 11.2. The number of nitrogens with zero attached hydrogens (tertiary/aromatic N) is 2. The average molecular weight is 300 g/mol. The van der Waals surface area contributed by atoms with Crippen LogP contribution in [0.25, 0.3) is 0 Å². The molecule has 20 heavy (non-hydrogen) atoms. The van der Waals surface area contributed by atoms with Gasteiger partial charge in [-0.15, -0.1) is 0 Å². The third-order valence-electron chi connectivity index (χ3n) is 3.37. The van der Waals surface area contributed by atoms with Crippen LogP contribution in [-0.2, 0) is 10.1 Å². The molecule has 4 N–H and O–H groups in total. The normalized spacial score (nSPS) is 22.9. The molecule has 1 aliphatic rings. The fourth-order valence-corrected chi connectivity index (χ4v) is 3.11. The number of aliphatic imine (C=N–C) groups is 1. The summed E-state index contributed by atoms with van der Waals surface area (Å²) in [6.07, 6.45) is 0.259. The van der Waals surface area contributed by atoms with Crippen molar-refractivity contribution in [1.82, 2.24) is 4.59 Å². The maximum Gasteiger partial charge on any atom is 0.300 e. The third-order valence-corrected chi connectivity index (χ3v) is 4.27. The Morgan fingerprint density at radius 2 is 2.15 bits per heavy atom. The fourth-order valence-electron chi connectivity index (χ4n) is 2.39. The number of nitrogens with two attached hydrogens (primary N) is 1. The number of amidine groups is 1. The van der Waals surface area contributed by atoms with Crippen LogP contribution in [0.2, 0.25) is 0 Å². The van der Waals surface area contributed by atoms with Crippen LogP contribution in [0.3, 0.4) is 0 Å². The van der Waals surface area contributed by atoms with E-state index in [4.69, 9.17) is 10.9 Å². The van der Waals surface area contributed by atoms with Gasteiger partial charge in [-0.2, -0.15) is 18.9 Å². The van der Waals surface area contributed by atoms with Crippen molar-refractivity contribution in [3.05, 3.63) is 23.8 Å². The van der Waals surface area contributed by atoms with E-state index >= 15 is 0 Å². The molecule has 1 heterocycles. The summed E-state index contributed by atoms with van der Waals surface area (Å²) in [7, 11) is -4.38. The Balaban J connectivity index is 2.63. The number of aliphatic hydroxyl groups is 1. The molecule has 0 saturated heterocycles. The van der Waals surface area contributed by atoms with Crippen molar-refractivity contribution in [3.8, 4) is 0 Å². The molecule has 0 bridgehead atoms. The second kappa shape index (κ2) is 5.23. The summed E-state index contributed by atoms with van der Waals surface area (Å²) in [5.74, 6) is 6.80. The molecule has 0 fully saturated rings. The van der Waals surface area contributed by atoms with E-state index in [0.717, 1.165) is 5.56 Å². The quantitative estimate of drug-likeness (QED) is 0.418. The largest absolute Gasteiger partial charge is 0.396 e. The molecule has 1 unspecified atom stereocenters. The van der Waals surface area contributed by atoms with E-state index in [9.17, 15) is 13.0 Å². The highest BCUT2D eigenvalue weighted by atomic mass is 32.2. The predicted octanol–water partition coefficient (Wildman–Crippen LogP) is 0.217. The molecule has 110 valence electrons. The highest BCUT2D eigenvalue weighted by Gasteiger charge is 2.41. The number of rotatable bonds is 4. The Kier molecular flexibility index (Phi) is 3.94. The van der Waals surface area contributed by atoms with Crippen molar-refractivity contribution < 1.29 is 18.1 Å². The van der Waals surface area contributed by atoms with E-state index in [1.54, 1.807) is 12.1 Å². The summed E-state index contributed by atoms with van der Waals surface area (Å²) < 4.78 is 32.1. The highest BCUT2D eigenvalue weighted by molar-refractivity contribution is 7.86. The Labute approximate surface area is 117 Å². The number of quaternary nitrogens is 1. The van der Waals surface area contributed by atoms with Crippen molar-refractivity contribution in [2.45, 2.75) is 18.2 Å². The van der Waals surface area contributed by atoms with E-state index in [-0.39, 0.29) is 28.2 Å². The summed E-state index contributed by atoms with van der Waals surface area (Å²) in [5, 5.41) is 9.08. The van der Waals surface area contributed by atoms with Crippen LogP contribution in [0.15, 0.2) is 28.1 Å². The Hall–Kier alpha value is -1.32. The number of aliphatic hydroxyl groups excluding tert-OH is 1. The summed E-state index contributed by atoms with van der Waals surface area (Å²) >= 11 is 0. The molecule has 0 amide bonds. The summed E-state index contributed by atoms with van der Waals surface area (Å²) in [4.78, 5) is 4.01. The maximum absolute atomic E-state index is 11.5. The summed E-state index contributed by atoms with van der Waals surface area (Å²) in [6.45, 7) is 2.53. The second-order valence-corrected chi connectivity index (χ2v) is 6.20. The molecule has 1 aliphatic heterocycles. The number of aryl methyl sites for hydroxylation is 1. The van der Waals surface area contributed by atoms with Gasteiger partial charge in [0.25, 0.3) is 0 Å². The van der Waals surface area contributed by atoms with Crippen molar-refractivity contribution in [1.29, 1.82) is 0 Å². The van der Waals surface area contributed by atoms with Crippen LogP contribution in [0, 0.1) is 6.92 Å². The van der Waals surface area contributed by atoms with Crippen LogP contribution in [-0.4, -0.2) is 43.6 Å². The van der Waals surface area contributed by atoms with Crippen molar-refractivity contribution in [2.24, 2.45) is 10.8 Å².